The number of aromatic hydroxyl groups is 1. The first-order valence-electron chi connectivity index (χ1n) is 7.39. The summed E-state index contributed by atoms with van der Waals surface area (Å²) in [7, 11) is 0. The van der Waals surface area contributed by atoms with Crippen molar-refractivity contribution in [1.29, 1.82) is 0 Å². The van der Waals surface area contributed by atoms with Gasteiger partial charge in [-0.25, -0.2) is 0 Å². The maximum atomic E-state index is 12.4. The molecule has 4 N–H and O–H groups in total. The lowest BCUT2D eigenvalue weighted by Gasteiger charge is -2.19. The number of rotatable bonds is 3. The molecule has 22 heavy (non-hydrogen) atoms. The Morgan fingerprint density at radius 1 is 1.14 bits per heavy atom. The first-order chi connectivity index (χ1) is 10.6. The highest BCUT2D eigenvalue weighted by Gasteiger charge is 2.33. The van der Waals surface area contributed by atoms with Gasteiger partial charge in [0.05, 0.1) is 11.5 Å². The van der Waals surface area contributed by atoms with Crippen molar-refractivity contribution in [2.45, 2.75) is 25.3 Å². The zero-order valence-corrected chi connectivity index (χ0v) is 12.1. The zero-order valence-electron chi connectivity index (χ0n) is 12.1. The van der Waals surface area contributed by atoms with Gasteiger partial charge in [0, 0.05) is 11.4 Å². The van der Waals surface area contributed by atoms with Crippen LogP contribution in [0.2, 0.25) is 0 Å². The Bertz CT molecular complexity index is 742. The van der Waals surface area contributed by atoms with Crippen LogP contribution in [0.25, 0.3) is 10.8 Å². The maximum Gasteiger partial charge on any atom is 0.255 e. The molecule has 1 fully saturated rings. The molecule has 1 saturated carbocycles. The van der Waals surface area contributed by atoms with E-state index in [1.54, 1.807) is 18.2 Å². The summed E-state index contributed by atoms with van der Waals surface area (Å²) in [6.45, 7) is 0. The largest absolute Gasteiger partial charge is 0.506 e. The van der Waals surface area contributed by atoms with E-state index in [1.165, 1.54) is 0 Å². The minimum atomic E-state index is -0.384. The average molecular weight is 298 g/mol. The van der Waals surface area contributed by atoms with E-state index >= 15 is 0 Å². The van der Waals surface area contributed by atoms with Crippen LogP contribution < -0.4 is 11.1 Å². The van der Waals surface area contributed by atoms with Gasteiger partial charge in [-0.2, -0.15) is 0 Å². The van der Waals surface area contributed by atoms with Crippen molar-refractivity contribution in [3.63, 3.8) is 0 Å². The van der Waals surface area contributed by atoms with Gasteiger partial charge in [-0.15, -0.1) is 0 Å². The van der Waals surface area contributed by atoms with Gasteiger partial charge >= 0.3 is 0 Å². The number of hydrogen-bond acceptors (Lipinski definition) is 3. The third-order valence-electron chi connectivity index (χ3n) is 4.34. The summed E-state index contributed by atoms with van der Waals surface area (Å²) in [5.74, 6) is -1.12. The number of amides is 2. The molecule has 2 aromatic carbocycles. The normalized spacial score (nSPS) is 20.9. The maximum absolute atomic E-state index is 12.4. The summed E-state index contributed by atoms with van der Waals surface area (Å²) in [5.41, 5.74) is 5.58. The molecular weight excluding hydrogens is 280 g/mol. The number of fused-ring (bicyclic) bond motifs is 1. The Balaban J connectivity index is 1.86. The molecule has 2 amide bonds. The van der Waals surface area contributed by atoms with Crippen LogP contribution in [0.1, 0.15) is 29.6 Å². The predicted octanol–water partition coefficient (Wildman–Crippen LogP) is 1.93. The van der Waals surface area contributed by atoms with E-state index < -0.39 is 0 Å². The SMILES string of the molecule is NC(=O)[C@H]1CCC[C@@H]1NC(=O)c1ccc2ccccc2c1O. The fourth-order valence-corrected chi connectivity index (χ4v) is 3.16. The fourth-order valence-electron chi connectivity index (χ4n) is 3.16. The number of carbonyl (C=O) groups is 2. The summed E-state index contributed by atoms with van der Waals surface area (Å²) < 4.78 is 0. The second-order valence-electron chi connectivity index (χ2n) is 5.70. The number of phenols is 1. The lowest BCUT2D eigenvalue weighted by atomic mass is 10.0. The first kappa shape index (κ1) is 14.4. The summed E-state index contributed by atoms with van der Waals surface area (Å²) in [6, 6.07) is 10.5. The van der Waals surface area contributed by atoms with E-state index in [2.05, 4.69) is 5.32 Å². The van der Waals surface area contributed by atoms with Crippen LogP contribution in [0.3, 0.4) is 0 Å². The van der Waals surface area contributed by atoms with Gasteiger partial charge < -0.3 is 16.2 Å². The smallest absolute Gasteiger partial charge is 0.255 e. The van der Waals surface area contributed by atoms with Gasteiger partial charge in [-0.05, 0) is 24.3 Å². The van der Waals surface area contributed by atoms with E-state index in [-0.39, 0.29) is 35.1 Å². The van der Waals surface area contributed by atoms with Gasteiger partial charge in [0.2, 0.25) is 5.91 Å². The van der Waals surface area contributed by atoms with Crippen LogP contribution in [-0.2, 0) is 4.79 Å². The molecule has 1 aliphatic carbocycles. The Kier molecular flexibility index (Phi) is 3.71. The third-order valence-corrected chi connectivity index (χ3v) is 4.34. The highest BCUT2D eigenvalue weighted by Crippen LogP contribution is 2.30. The molecule has 0 bridgehead atoms. The lowest BCUT2D eigenvalue weighted by molar-refractivity contribution is -0.122. The van der Waals surface area contributed by atoms with Crippen molar-refractivity contribution in [3.05, 3.63) is 42.0 Å². The third kappa shape index (κ3) is 2.50. The predicted molar refractivity (Wildman–Crippen MR) is 83.4 cm³/mol. The van der Waals surface area contributed by atoms with E-state index in [1.807, 2.05) is 18.2 Å². The number of primary amides is 1. The number of benzene rings is 2. The van der Waals surface area contributed by atoms with E-state index in [0.717, 1.165) is 18.2 Å². The molecule has 0 heterocycles. The van der Waals surface area contributed by atoms with Crippen LogP contribution in [-0.4, -0.2) is 23.0 Å². The van der Waals surface area contributed by atoms with Crippen molar-refractivity contribution in [2.24, 2.45) is 11.7 Å². The molecular formula is C17H18N2O3. The molecule has 5 heteroatoms. The summed E-state index contributed by atoms with van der Waals surface area (Å²) >= 11 is 0. The van der Waals surface area contributed by atoms with E-state index in [0.29, 0.717) is 11.8 Å². The molecule has 0 radical (unpaired) electrons. The average Bonchev–Trinajstić information content (AvgIpc) is 2.96. The summed E-state index contributed by atoms with van der Waals surface area (Å²) in [4.78, 5) is 23.8. The number of phenolic OH excluding ortho intramolecular Hbond substituents is 1. The monoisotopic (exact) mass is 298 g/mol. The molecule has 2 aromatic rings. The van der Waals surface area contributed by atoms with Gasteiger partial charge in [0.15, 0.2) is 0 Å². The lowest BCUT2D eigenvalue weighted by Crippen LogP contribution is -2.42. The quantitative estimate of drug-likeness (QED) is 0.808. The molecule has 1 aliphatic rings. The highest BCUT2D eigenvalue weighted by molar-refractivity contribution is 6.03. The molecule has 2 atom stereocenters. The Hall–Kier alpha value is -2.56. The molecule has 0 saturated heterocycles. The van der Waals surface area contributed by atoms with Crippen LogP contribution in [0, 0.1) is 5.92 Å². The number of carbonyl (C=O) groups excluding carboxylic acids is 2. The van der Waals surface area contributed by atoms with E-state index in [9.17, 15) is 14.7 Å². The number of hydrogen-bond donors (Lipinski definition) is 3. The Morgan fingerprint density at radius 3 is 2.68 bits per heavy atom. The molecule has 0 unspecified atom stereocenters. The molecule has 5 nitrogen and oxygen atoms in total. The van der Waals surface area contributed by atoms with Crippen molar-refractivity contribution >= 4 is 22.6 Å². The topological polar surface area (TPSA) is 92.4 Å². The van der Waals surface area contributed by atoms with Crippen molar-refractivity contribution < 1.29 is 14.7 Å². The van der Waals surface area contributed by atoms with Gasteiger partial charge in [0.1, 0.15) is 5.75 Å². The minimum absolute atomic E-state index is 0.0378. The molecule has 3 rings (SSSR count). The standard InChI is InChI=1S/C17H18N2O3/c18-16(21)12-6-3-7-14(12)19-17(22)13-9-8-10-4-1-2-5-11(10)15(13)20/h1-2,4-5,8-9,12,14,20H,3,6-7H2,(H2,18,21)(H,19,22)/t12-,14-/m0/s1. The molecule has 0 aliphatic heterocycles. The van der Waals surface area contributed by atoms with E-state index in [4.69, 9.17) is 5.73 Å². The summed E-state index contributed by atoms with van der Waals surface area (Å²) in [5, 5.41) is 14.6. The van der Waals surface area contributed by atoms with Crippen molar-refractivity contribution in [2.75, 3.05) is 0 Å². The highest BCUT2D eigenvalue weighted by atomic mass is 16.3. The molecule has 114 valence electrons. The minimum Gasteiger partial charge on any atom is -0.506 e. The second kappa shape index (κ2) is 5.67. The van der Waals surface area contributed by atoms with Gasteiger partial charge in [0.25, 0.3) is 5.91 Å². The van der Waals surface area contributed by atoms with Crippen LogP contribution in [0.5, 0.6) is 5.75 Å². The van der Waals surface area contributed by atoms with Gasteiger partial charge in [-0.1, -0.05) is 36.8 Å². The number of nitrogens with one attached hydrogen (secondary N) is 1. The summed E-state index contributed by atoms with van der Waals surface area (Å²) in [6.07, 6.45) is 2.29. The first-order valence-corrected chi connectivity index (χ1v) is 7.39. The fraction of sp³-hybridized carbons (Fsp3) is 0.294. The van der Waals surface area contributed by atoms with Crippen molar-refractivity contribution in [3.8, 4) is 5.75 Å². The number of nitrogens with two attached hydrogens (primary N) is 1. The van der Waals surface area contributed by atoms with Crippen molar-refractivity contribution in [1.82, 2.24) is 5.32 Å². The van der Waals surface area contributed by atoms with Gasteiger partial charge in [-0.3, -0.25) is 9.59 Å². The second-order valence-corrected chi connectivity index (χ2v) is 5.70. The Labute approximate surface area is 128 Å². The van der Waals surface area contributed by atoms with Crippen LogP contribution >= 0.6 is 0 Å². The van der Waals surface area contributed by atoms with Crippen LogP contribution in [0.4, 0.5) is 0 Å². The zero-order chi connectivity index (χ0) is 15.7. The van der Waals surface area contributed by atoms with Crippen LogP contribution in [0.15, 0.2) is 36.4 Å². The Morgan fingerprint density at radius 2 is 1.91 bits per heavy atom. The molecule has 0 spiro atoms. The molecule has 0 aromatic heterocycles.